The lowest BCUT2D eigenvalue weighted by atomic mass is 9.60. The van der Waals surface area contributed by atoms with Crippen LogP contribution in [-0.4, -0.2) is 49.1 Å². The van der Waals surface area contributed by atoms with Gasteiger partial charge < -0.3 is 15.0 Å². The molecule has 1 spiro atoms. The van der Waals surface area contributed by atoms with Crippen LogP contribution in [-0.2, 0) is 14.3 Å². The van der Waals surface area contributed by atoms with Gasteiger partial charge in [0.05, 0.1) is 12.6 Å². The van der Waals surface area contributed by atoms with Gasteiger partial charge in [-0.15, -0.1) is 0 Å². The van der Waals surface area contributed by atoms with E-state index in [9.17, 15) is 9.59 Å². The molecule has 22 heavy (non-hydrogen) atoms. The Kier molecular flexibility index (Phi) is 4.44. The molecule has 0 aromatic heterocycles. The van der Waals surface area contributed by atoms with E-state index in [1.807, 2.05) is 18.9 Å². The molecule has 0 aliphatic heterocycles. The normalized spacial score (nSPS) is 29.2. The van der Waals surface area contributed by atoms with Gasteiger partial charge in [0.25, 0.3) is 0 Å². The standard InChI is InChI=1S/C17H28N2O3/c1-3-22-14-10-13(17(14)8-4-5-9-17)19(2)15(20)11-18-16(21)12-6-7-12/h12-14H,3-11H2,1-2H3,(H,18,21)/t13-,14+/m0/s1. The minimum absolute atomic E-state index is 0.0280. The van der Waals surface area contributed by atoms with E-state index in [0.29, 0.717) is 6.10 Å². The first-order valence-corrected chi connectivity index (χ1v) is 8.73. The lowest BCUT2D eigenvalue weighted by Gasteiger charge is -2.57. The summed E-state index contributed by atoms with van der Waals surface area (Å²) < 4.78 is 5.91. The number of carbonyl (C=O) groups is 2. The maximum Gasteiger partial charge on any atom is 0.241 e. The maximum atomic E-state index is 12.4. The van der Waals surface area contributed by atoms with E-state index in [1.165, 1.54) is 12.8 Å². The smallest absolute Gasteiger partial charge is 0.241 e. The van der Waals surface area contributed by atoms with Crippen molar-refractivity contribution in [2.45, 2.75) is 64.0 Å². The van der Waals surface area contributed by atoms with Gasteiger partial charge in [0, 0.05) is 31.0 Å². The van der Waals surface area contributed by atoms with Crippen molar-refractivity contribution >= 4 is 11.8 Å². The third-order valence-corrected chi connectivity index (χ3v) is 5.87. The lowest BCUT2D eigenvalue weighted by molar-refractivity contribution is -0.172. The van der Waals surface area contributed by atoms with Crippen LogP contribution in [0.5, 0.6) is 0 Å². The molecule has 5 heteroatoms. The molecule has 0 aromatic rings. The minimum Gasteiger partial charge on any atom is -0.378 e. The van der Waals surface area contributed by atoms with Crippen molar-refractivity contribution in [1.29, 1.82) is 0 Å². The van der Waals surface area contributed by atoms with Crippen LogP contribution >= 0.6 is 0 Å². The highest BCUT2D eigenvalue weighted by Crippen LogP contribution is 2.56. The quantitative estimate of drug-likeness (QED) is 0.812. The molecule has 3 aliphatic rings. The number of nitrogens with zero attached hydrogens (tertiary/aromatic N) is 1. The summed E-state index contributed by atoms with van der Waals surface area (Å²) in [5, 5.41) is 2.78. The Hall–Kier alpha value is -1.10. The monoisotopic (exact) mass is 308 g/mol. The second kappa shape index (κ2) is 6.19. The van der Waals surface area contributed by atoms with Crippen LogP contribution in [0.4, 0.5) is 0 Å². The van der Waals surface area contributed by atoms with Crippen molar-refractivity contribution in [3.8, 4) is 0 Å². The molecule has 0 saturated heterocycles. The molecule has 0 bridgehead atoms. The van der Waals surface area contributed by atoms with Crippen molar-refractivity contribution in [3.05, 3.63) is 0 Å². The summed E-state index contributed by atoms with van der Waals surface area (Å²) >= 11 is 0. The fourth-order valence-corrected chi connectivity index (χ4v) is 4.34. The maximum absolute atomic E-state index is 12.4. The van der Waals surface area contributed by atoms with Crippen LogP contribution in [0.2, 0.25) is 0 Å². The third-order valence-electron chi connectivity index (χ3n) is 5.87. The summed E-state index contributed by atoms with van der Waals surface area (Å²) in [5.41, 5.74) is 0.168. The molecule has 0 aromatic carbocycles. The summed E-state index contributed by atoms with van der Waals surface area (Å²) in [6.45, 7) is 2.92. The number of hydrogen-bond donors (Lipinski definition) is 1. The van der Waals surface area contributed by atoms with E-state index in [-0.39, 0.29) is 35.7 Å². The average Bonchev–Trinajstić information content (AvgIpc) is 3.23. The van der Waals surface area contributed by atoms with Gasteiger partial charge in [-0.2, -0.15) is 0 Å². The second-order valence-electron chi connectivity index (χ2n) is 7.13. The van der Waals surface area contributed by atoms with Crippen LogP contribution in [0, 0.1) is 11.3 Å². The van der Waals surface area contributed by atoms with Gasteiger partial charge in [0.1, 0.15) is 0 Å². The van der Waals surface area contributed by atoms with E-state index < -0.39 is 0 Å². The minimum atomic E-state index is 0.0280. The zero-order valence-corrected chi connectivity index (χ0v) is 13.8. The number of ether oxygens (including phenoxy) is 1. The number of nitrogens with one attached hydrogen (secondary N) is 1. The Morgan fingerprint density at radius 1 is 1.27 bits per heavy atom. The van der Waals surface area contributed by atoms with Gasteiger partial charge in [-0.25, -0.2) is 0 Å². The Morgan fingerprint density at radius 3 is 2.55 bits per heavy atom. The van der Waals surface area contributed by atoms with Crippen LogP contribution in [0.3, 0.4) is 0 Å². The molecule has 3 fully saturated rings. The Balaban J connectivity index is 1.55. The van der Waals surface area contributed by atoms with E-state index in [2.05, 4.69) is 5.32 Å². The summed E-state index contributed by atoms with van der Waals surface area (Å²) in [7, 11) is 1.89. The number of amides is 2. The van der Waals surface area contributed by atoms with Crippen molar-refractivity contribution in [2.75, 3.05) is 20.2 Å². The average molecular weight is 308 g/mol. The van der Waals surface area contributed by atoms with Gasteiger partial charge >= 0.3 is 0 Å². The molecular formula is C17H28N2O3. The van der Waals surface area contributed by atoms with E-state index in [0.717, 1.165) is 38.7 Å². The SMILES string of the molecule is CCO[C@@H]1C[C@H](N(C)C(=O)CNC(=O)C2CC2)C12CCCC2. The first-order valence-electron chi connectivity index (χ1n) is 8.73. The molecule has 5 nitrogen and oxygen atoms in total. The fourth-order valence-electron chi connectivity index (χ4n) is 4.34. The molecular weight excluding hydrogens is 280 g/mol. The highest BCUT2D eigenvalue weighted by Gasteiger charge is 2.58. The topological polar surface area (TPSA) is 58.6 Å². The Labute approximate surface area is 132 Å². The second-order valence-corrected chi connectivity index (χ2v) is 7.13. The summed E-state index contributed by atoms with van der Waals surface area (Å²) in [4.78, 5) is 25.9. The highest BCUT2D eigenvalue weighted by atomic mass is 16.5. The molecule has 0 unspecified atom stereocenters. The number of carbonyl (C=O) groups excluding carboxylic acids is 2. The van der Waals surface area contributed by atoms with Gasteiger partial charge in [-0.05, 0) is 39.0 Å². The van der Waals surface area contributed by atoms with Gasteiger partial charge in [-0.1, -0.05) is 12.8 Å². The molecule has 2 amide bonds. The number of rotatable bonds is 6. The molecule has 3 aliphatic carbocycles. The molecule has 0 radical (unpaired) electrons. The fraction of sp³-hybridized carbons (Fsp3) is 0.882. The molecule has 0 heterocycles. The predicted molar refractivity (Wildman–Crippen MR) is 83.2 cm³/mol. The summed E-state index contributed by atoms with van der Waals surface area (Å²) in [5.74, 6) is 0.226. The van der Waals surface area contributed by atoms with Crippen molar-refractivity contribution in [1.82, 2.24) is 10.2 Å². The van der Waals surface area contributed by atoms with E-state index >= 15 is 0 Å². The molecule has 3 rings (SSSR count). The molecule has 1 N–H and O–H groups in total. The Morgan fingerprint density at radius 2 is 1.95 bits per heavy atom. The first kappa shape index (κ1) is 15.8. The van der Waals surface area contributed by atoms with Crippen LogP contribution < -0.4 is 5.32 Å². The molecule has 2 atom stereocenters. The van der Waals surface area contributed by atoms with Gasteiger partial charge in [0.2, 0.25) is 11.8 Å². The van der Waals surface area contributed by atoms with Crippen molar-refractivity contribution < 1.29 is 14.3 Å². The zero-order chi connectivity index (χ0) is 15.7. The van der Waals surface area contributed by atoms with Gasteiger partial charge in [-0.3, -0.25) is 9.59 Å². The molecule has 124 valence electrons. The molecule has 3 saturated carbocycles. The number of likely N-dealkylation sites (N-methyl/N-ethyl adjacent to an activating group) is 1. The van der Waals surface area contributed by atoms with Crippen molar-refractivity contribution in [2.24, 2.45) is 11.3 Å². The first-order chi connectivity index (χ1) is 10.6. The van der Waals surface area contributed by atoms with E-state index in [1.54, 1.807) is 0 Å². The van der Waals surface area contributed by atoms with Gasteiger partial charge in [0.15, 0.2) is 0 Å². The predicted octanol–water partition coefficient (Wildman–Crippen LogP) is 1.71. The lowest BCUT2D eigenvalue weighted by Crippen LogP contribution is -2.64. The highest BCUT2D eigenvalue weighted by molar-refractivity contribution is 5.87. The zero-order valence-electron chi connectivity index (χ0n) is 13.8. The van der Waals surface area contributed by atoms with Crippen LogP contribution in [0.25, 0.3) is 0 Å². The Bertz CT molecular complexity index is 441. The van der Waals surface area contributed by atoms with Crippen LogP contribution in [0.15, 0.2) is 0 Å². The largest absolute Gasteiger partial charge is 0.378 e. The summed E-state index contributed by atoms with van der Waals surface area (Å²) in [6.07, 6.45) is 7.98. The number of hydrogen-bond acceptors (Lipinski definition) is 3. The van der Waals surface area contributed by atoms with Crippen LogP contribution in [0.1, 0.15) is 51.9 Å². The van der Waals surface area contributed by atoms with E-state index in [4.69, 9.17) is 4.74 Å². The van der Waals surface area contributed by atoms with Crippen molar-refractivity contribution in [3.63, 3.8) is 0 Å². The summed E-state index contributed by atoms with van der Waals surface area (Å²) in [6, 6.07) is 0.275. The third kappa shape index (κ3) is 2.75.